The van der Waals surface area contributed by atoms with Crippen molar-refractivity contribution in [2.45, 2.75) is 79.1 Å². The Balaban J connectivity index is 1.84. The first kappa shape index (κ1) is 24.5. The van der Waals surface area contributed by atoms with E-state index < -0.39 is 0 Å². The van der Waals surface area contributed by atoms with Crippen LogP contribution in [0.1, 0.15) is 90.2 Å². The second-order valence-electron chi connectivity index (χ2n) is 8.44. The molecule has 4 heteroatoms. The molecule has 2 heterocycles. The van der Waals surface area contributed by atoms with E-state index in [1.807, 2.05) is 22.7 Å². The maximum absolute atomic E-state index is 2.38. The molecule has 1 aliphatic carbocycles. The quantitative estimate of drug-likeness (QED) is 0.226. The lowest BCUT2D eigenvalue weighted by Crippen LogP contribution is -2.05. The molecule has 0 saturated carbocycles. The van der Waals surface area contributed by atoms with Crippen LogP contribution in [-0.2, 0) is 0 Å². The van der Waals surface area contributed by atoms with Crippen LogP contribution in [0, 0.1) is 11.8 Å². The van der Waals surface area contributed by atoms with E-state index in [-0.39, 0.29) is 0 Å². The minimum Gasteiger partial charge on any atom is -0.142 e. The van der Waals surface area contributed by atoms with Gasteiger partial charge >= 0.3 is 0 Å². The van der Waals surface area contributed by atoms with E-state index in [2.05, 4.69) is 74.1 Å². The van der Waals surface area contributed by atoms with Gasteiger partial charge in [0.1, 0.15) is 0 Å². The van der Waals surface area contributed by atoms with Crippen molar-refractivity contribution >= 4 is 51.8 Å². The largest absolute Gasteiger partial charge is 0.142 e. The summed E-state index contributed by atoms with van der Waals surface area (Å²) in [6.45, 7) is 9.39. The Bertz CT molecular complexity index is 733. The highest BCUT2D eigenvalue weighted by molar-refractivity contribution is 8.22. The highest BCUT2D eigenvalue weighted by atomic mass is 32.2. The fourth-order valence-electron chi connectivity index (χ4n) is 4.10. The molecule has 2 atom stereocenters. The zero-order valence-electron chi connectivity index (χ0n) is 19.2. The Morgan fingerprint density at radius 1 is 0.767 bits per heavy atom. The Hall–Kier alpha value is -0.160. The monoisotopic (exact) mass is 478 g/mol. The van der Waals surface area contributed by atoms with Crippen LogP contribution in [0.4, 0.5) is 0 Å². The van der Waals surface area contributed by atoms with Crippen molar-refractivity contribution in [3.8, 4) is 9.75 Å². The predicted molar refractivity (Wildman–Crippen MR) is 145 cm³/mol. The van der Waals surface area contributed by atoms with E-state index in [1.165, 1.54) is 83.8 Å². The molecule has 1 aliphatic rings. The minimum atomic E-state index is 0.846. The van der Waals surface area contributed by atoms with Crippen LogP contribution in [0.2, 0.25) is 0 Å². The van der Waals surface area contributed by atoms with E-state index in [0.717, 1.165) is 11.8 Å². The highest BCUT2D eigenvalue weighted by Crippen LogP contribution is 2.54. The normalized spacial score (nSPS) is 14.6. The molecule has 0 fully saturated rings. The molecule has 0 N–H and O–H groups in total. The second-order valence-corrected chi connectivity index (χ2v) is 12.6. The van der Waals surface area contributed by atoms with Crippen LogP contribution < -0.4 is 0 Å². The third-order valence-electron chi connectivity index (χ3n) is 6.27. The number of unbranched alkanes of at least 4 members (excludes halogenated alkanes) is 2. The summed E-state index contributed by atoms with van der Waals surface area (Å²) >= 11 is 8.16. The fraction of sp³-hybridized carbons (Fsp3) is 0.615. The van der Waals surface area contributed by atoms with Gasteiger partial charge in [0.25, 0.3) is 0 Å². The summed E-state index contributed by atoms with van der Waals surface area (Å²) in [4.78, 5) is 3.01. The van der Waals surface area contributed by atoms with Gasteiger partial charge in [-0.1, -0.05) is 66.2 Å². The molecule has 166 valence electrons. The van der Waals surface area contributed by atoms with Gasteiger partial charge in [0.15, 0.2) is 0 Å². The van der Waals surface area contributed by atoms with Gasteiger partial charge in [0, 0.05) is 32.4 Å². The summed E-state index contributed by atoms with van der Waals surface area (Å²) in [6, 6.07) is 4.73. The van der Waals surface area contributed by atoms with Crippen LogP contribution in [-0.4, -0.2) is 11.5 Å². The first-order chi connectivity index (χ1) is 14.7. The zero-order valence-corrected chi connectivity index (χ0v) is 22.4. The Morgan fingerprint density at radius 2 is 1.23 bits per heavy atom. The summed E-state index contributed by atoms with van der Waals surface area (Å²) in [5.41, 5.74) is 4.55. The van der Waals surface area contributed by atoms with Crippen molar-refractivity contribution in [2.24, 2.45) is 11.8 Å². The Kier molecular flexibility index (Phi) is 10.4. The van der Waals surface area contributed by atoms with Crippen molar-refractivity contribution in [1.82, 2.24) is 0 Å². The van der Waals surface area contributed by atoms with E-state index >= 15 is 0 Å². The lowest BCUT2D eigenvalue weighted by molar-refractivity contribution is 0.499. The standard InChI is InChI=1S/C26H38S4/c1-5-9-11-19(7-3)17-29-26(30-18-20(8-4)12-10-6-2)23-21-13-15-27-24(21)25-22(23)14-16-28-25/h13-16,19-20H,5-12,17-18H2,1-4H3. The van der Waals surface area contributed by atoms with Gasteiger partial charge in [0.05, 0.1) is 9.75 Å². The number of fused-ring (bicyclic) bond motifs is 3. The molecule has 0 nitrogen and oxygen atoms in total. The Labute approximate surface area is 201 Å². The van der Waals surface area contributed by atoms with Crippen LogP contribution >= 0.6 is 46.2 Å². The molecule has 30 heavy (non-hydrogen) atoms. The molecule has 0 amide bonds. The van der Waals surface area contributed by atoms with Crippen LogP contribution in [0.5, 0.6) is 0 Å². The molecule has 0 saturated heterocycles. The van der Waals surface area contributed by atoms with E-state index in [9.17, 15) is 0 Å². The molecular weight excluding hydrogens is 441 g/mol. The number of rotatable bonds is 14. The summed E-state index contributed by atoms with van der Waals surface area (Å²) in [5, 5.41) is 4.57. The smallest absolute Gasteiger partial charge is 0.0528 e. The summed E-state index contributed by atoms with van der Waals surface area (Å²) in [5.74, 6) is 4.23. The number of hydrogen-bond donors (Lipinski definition) is 0. The van der Waals surface area contributed by atoms with E-state index in [0.29, 0.717) is 0 Å². The number of thioether (sulfide) groups is 2. The van der Waals surface area contributed by atoms with Crippen LogP contribution in [0.25, 0.3) is 15.3 Å². The first-order valence-electron chi connectivity index (χ1n) is 11.9. The van der Waals surface area contributed by atoms with Gasteiger partial charge in [-0.25, -0.2) is 0 Å². The van der Waals surface area contributed by atoms with Crippen molar-refractivity contribution in [3.05, 3.63) is 38.3 Å². The minimum absolute atomic E-state index is 0.846. The fourth-order valence-corrected chi connectivity index (χ4v) is 9.14. The maximum atomic E-state index is 2.38. The van der Waals surface area contributed by atoms with Crippen molar-refractivity contribution < 1.29 is 0 Å². The summed E-state index contributed by atoms with van der Waals surface area (Å²) in [7, 11) is 0. The zero-order chi connectivity index (χ0) is 21.3. The first-order valence-corrected chi connectivity index (χ1v) is 15.6. The highest BCUT2D eigenvalue weighted by Gasteiger charge is 2.29. The molecule has 0 aliphatic heterocycles. The predicted octanol–water partition coefficient (Wildman–Crippen LogP) is 10.4. The molecule has 3 rings (SSSR count). The van der Waals surface area contributed by atoms with Crippen LogP contribution in [0.3, 0.4) is 0 Å². The van der Waals surface area contributed by atoms with Gasteiger partial charge in [0.2, 0.25) is 0 Å². The van der Waals surface area contributed by atoms with E-state index in [4.69, 9.17) is 0 Å². The average Bonchev–Trinajstić information content (AvgIpc) is 3.47. The van der Waals surface area contributed by atoms with Crippen molar-refractivity contribution in [2.75, 3.05) is 11.5 Å². The number of hydrogen-bond acceptors (Lipinski definition) is 4. The van der Waals surface area contributed by atoms with Gasteiger partial charge in [-0.05, 0) is 47.6 Å². The molecule has 2 aromatic rings. The maximum Gasteiger partial charge on any atom is 0.0528 e. The third-order valence-corrected chi connectivity index (χ3v) is 11.2. The van der Waals surface area contributed by atoms with Crippen molar-refractivity contribution in [3.63, 3.8) is 0 Å². The lowest BCUT2D eigenvalue weighted by atomic mass is 10.0. The van der Waals surface area contributed by atoms with E-state index in [1.54, 1.807) is 9.81 Å². The Morgan fingerprint density at radius 3 is 1.63 bits per heavy atom. The molecular formula is C26H38S4. The summed E-state index contributed by atoms with van der Waals surface area (Å²) < 4.78 is 1.59. The molecule has 0 radical (unpaired) electrons. The SMILES string of the molecule is CCCCC(CC)CSC(SCC(CC)CCCC)=C1c2ccsc2-c2sccc21. The van der Waals surface area contributed by atoms with Gasteiger partial charge in [-0.15, -0.1) is 46.2 Å². The molecule has 2 unspecified atom stereocenters. The summed E-state index contributed by atoms with van der Waals surface area (Å²) in [6.07, 6.45) is 10.8. The molecule has 0 spiro atoms. The molecule has 2 aromatic heterocycles. The third kappa shape index (κ3) is 5.99. The lowest BCUT2D eigenvalue weighted by Gasteiger charge is -2.19. The number of thiophene rings is 2. The van der Waals surface area contributed by atoms with Gasteiger partial charge < -0.3 is 0 Å². The topological polar surface area (TPSA) is 0 Å². The molecule has 0 aromatic carbocycles. The van der Waals surface area contributed by atoms with Gasteiger partial charge in [-0.3, -0.25) is 0 Å². The van der Waals surface area contributed by atoms with Crippen LogP contribution in [0.15, 0.2) is 27.1 Å². The van der Waals surface area contributed by atoms with Crippen molar-refractivity contribution in [1.29, 1.82) is 0 Å². The van der Waals surface area contributed by atoms with Gasteiger partial charge in [-0.2, -0.15) is 0 Å². The molecule has 0 bridgehead atoms. The second kappa shape index (κ2) is 12.8. The average molecular weight is 479 g/mol.